The summed E-state index contributed by atoms with van der Waals surface area (Å²) in [6, 6.07) is 0.380. The normalized spacial score (nSPS) is 19.6. The van der Waals surface area contributed by atoms with Gasteiger partial charge >= 0.3 is 0 Å². The molecule has 1 aliphatic carbocycles. The van der Waals surface area contributed by atoms with E-state index in [0.29, 0.717) is 6.04 Å². The van der Waals surface area contributed by atoms with Crippen molar-refractivity contribution in [3.05, 3.63) is 12.5 Å². The Hall–Kier alpha value is -0.880. The van der Waals surface area contributed by atoms with E-state index in [0.717, 1.165) is 12.8 Å². The van der Waals surface area contributed by atoms with Crippen LogP contribution < -0.4 is 5.14 Å². The van der Waals surface area contributed by atoms with Gasteiger partial charge in [-0.25, -0.2) is 18.5 Å². The van der Waals surface area contributed by atoms with Gasteiger partial charge in [-0.3, -0.25) is 0 Å². The molecular weight excluding hydrogens is 226 g/mol. The molecule has 2 rings (SSSR count). The Morgan fingerprint density at radius 1 is 1.25 bits per heavy atom. The lowest BCUT2D eigenvalue weighted by Crippen LogP contribution is -2.12. The van der Waals surface area contributed by atoms with Crippen LogP contribution >= 0.6 is 0 Å². The van der Waals surface area contributed by atoms with Crippen molar-refractivity contribution in [1.29, 1.82) is 0 Å². The molecule has 1 heterocycles. The molecule has 0 atom stereocenters. The van der Waals surface area contributed by atoms with Crippen molar-refractivity contribution in [2.75, 3.05) is 0 Å². The smallest absolute Gasteiger partial charge is 0.257 e. The number of nitrogens with two attached hydrogens (primary N) is 1. The van der Waals surface area contributed by atoms with Gasteiger partial charge in [-0.05, 0) is 12.8 Å². The highest BCUT2D eigenvalue weighted by atomic mass is 32.2. The fourth-order valence-electron chi connectivity index (χ4n) is 2.22. The molecule has 0 aliphatic heterocycles. The van der Waals surface area contributed by atoms with E-state index in [-0.39, 0.29) is 5.03 Å². The maximum Gasteiger partial charge on any atom is 0.257 e. The average Bonchev–Trinajstić information content (AvgIpc) is 2.55. The van der Waals surface area contributed by atoms with Crippen LogP contribution in [-0.4, -0.2) is 18.0 Å². The van der Waals surface area contributed by atoms with Crippen LogP contribution in [-0.2, 0) is 10.0 Å². The summed E-state index contributed by atoms with van der Waals surface area (Å²) in [5, 5.41) is 5.00. The van der Waals surface area contributed by atoms with Crippen LogP contribution in [0.4, 0.5) is 0 Å². The highest BCUT2D eigenvalue weighted by molar-refractivity contribution is 7.89. The van der Waals surface area contributed by atoms with Crippen molar-refractivity contribution in [3.8, 4) is 0 Å². The van der Waals surface area contributed by atoms with Crippen LogP contribution in [0.2, 0.25) is 0 Å². The number of aromatic nitrogens is 2. The van der Waals surface area contributed by atoms with Crippen molar-refractivity contribution in [1.82, 2.24) is 9.55 Å². The summed E-state index contributed by atoms with van der Waals surface area (Å²) < 4.78 is 24.1. The van der Waals surface area contributed by atoms with Gasteiger partial charge in [0.2, 0.25) is 0 Å². The summed E-state index contributed by atoms with van der Waals surface area (Å²) in [6.07, 6.45) is 10.3. The Bertz CT molecular complexity index is 444. The minimum absolute atomic E-state index is 0.0308. The average molecular weight is 243 g/mol. The van der Waals surface area contributed by atoms with Crippen LogP contribution in [0.25, 0.3) is 0 Å². The van der Waals surface area contributed by atoms with E-state index in [2.05, 4.69) is 4.98 Å². The number of hydrogen-bond donors (Lipinski definition) is 1. The molecule has 5 nitrogen and oxygen atoms in total. The molecule has 2 N–H and O–H groups in total. The van der Waals surface area contributed by atoms with Crippen molar-refractivity contribution in [3.63, 3.8) is 0 Å². The minimum Gasteiger partial charge on any atom is -0.333 e. The van der Waals surface area contributed by atoms with Crippen LogP contribution in [0.1, 0.15) is 44.6 Å². The lowest BCUT2D eigenvalue weighted by molar-refractivity contribution is 0.442. The summed E-state index contributed by atoms with van der Waals surface area (Å²) >= 11 is 0. The predicted molar refractivity (Wildman–Crippen MR) is 60.3 cm³/mol. The Labute approximate surface area is 95.7 Å². The number of nitrogens with zero attached hydrogens (tertiary/aromatic N) is 2. The SMILES string of the molecule is NS(=O)(=O)c1cn(C2CCCCCC2)cn1. The summed E-state index contributed by atoms with van der Waals surface area (Å²) in [5.41, 5.74) is 0. The van der Waals surface area contributed by atoms with Gasteiger partial charge in [-0.2, -0.15) is 0 Å². The zero-order valence-electron chi connectivity index (χ0n) is 9.17. The lowest BCUT2D eigenvalue weighted by atomic mass is 10.1. The summed E-state index contributed by atoms with van der Waals surface area (Å²) in [7, 11) is -3.66. The van der Waals surface area contributed by atoms with Gasteiger partial charge in [0.15, 0.2) is 5.03 Å². The topological polar surface area (TPSA) is 78.0 Å². The number of rotatable bonds is 2. The van der Waals surface area contributed by atoms with Crippen molar-refractivity contribution >= 4 is 10.0 Å². The van der Waals surface area contributed by atoms with Gasteiger partial charge in [0.1, 0.15) is 0 Å². The first-order chi connectivity index (χ1) is 7.57. The van der Waals surface area contributed by atoms with E-state index in [9.17, 15) is 8.42 Å². The first kappa shape index (κ1) is 11.6. The van der Waals surface area contributed by atoms with Gasteiger partial charge in [-0.1, -0.05) is 25.7 Å². The molecule has 0 amide bonds. The van der Waals surface area contributed by atoms with Crippen molar-refractivity contribution in [2.24, 2.45) is 5.14 Å². The second-order valence-corrected chi connectivity index (χ2v) is 5.86. The molecule has 1 aromatic heterocycles. The van der Waals surface area contributed by atoms with Crippen LogP contribution in [0.5, 0.6) is 0 Å². The Morgan fingerprint density at radius 3 is 2.38 bits per heavy atom. The van der Waals surface area contributed by atoms with Crippen LogP contribution in [0, 0.1) is 0 Å². The number of primary sulfonamides is 1. The van der Waals surface area contributed by atoms with Gasteiger partial charge in [-0.15, -0.1) is 0 Å². The highest BCUT2D eigenvalue weighted by Crippen LogP contribution is 2.27. The molecule has 0 radical (unpaired) electrons. The molecule has 0 spiro atoms. The summed E-state index contributed by atoms with van der Waals surface area (Å²) in [6.45, 7) is 0. The third-order valence-electron chi connectivity index (χ3n) is 3.12. The van der Waals surface area contributed by atoms with Crippen LogP contribution in [0.3, 0.4) is 0 Å². The molecule has 0 saturated heterocycles. The Balaban J connectivity index is 2.17. The van der Waals surface area contributed by atoms with Gasteiger partial charge in [0.05, 0.1) is 6.33 Å². The fourth-order valence-corrected chi connectivity index (χ4v) is 2.68. The third kappa shape index (κ3) is 2.62. The first-order valence-corrected chi connectivity index (χ1v) is 7.18. The zero-order chi connectivity index (χ0) is 11.6. The fraction of sp³-hybridized carbons (Fsp3) is 0.700. The molecule has 16 heavy (non-hydrogen) atoms. The van der Waals surface area contributed by atoms with E-state index < -0.39 is 10.0 Å². The molecule has 6 heteroatoms. The predicted octanol–water partition coefficient (Wildman–Crippen LogP) is 1.43. The molecule has 0 aromatic carbocycles. The molecule has 90 valence electrons. The van der Waals surface area contributed by atoms with Crippen molar-refractivity contribution in [2.45, 2.75) is 49.6 Å². The Morgan fingerprint density at radius 2 is 1.88 bits per heavy atom. The van der Waals surface area contributed by atoms with Gasteiger partial charge < -0.3 is 4.57 Å². The molecule has 1 saturated carbocycles. The summed E-state index contributed by atoms with van der Waals surface area (Å²) in [4.78, 5) is 3.84. The van der Waals surface area contributed by atoms with Gasteiger partial charge in [0, 0.05) is 12.2 Å². The number of sulfonamides is 1. The highest BCUT2D eigenvalue weighted by Gasteiger charge is 2.17. The van der Waals surface area contributed by atoms with E-state index >= 15 is 0 Å². The Kier molecular flexibility index (Phi) is 3.30. The van der Waals surface area contributed by atoms with E-state index in [1.54, 1.807) is 12.5 Å². The second kappa shape index (κ2) is 4.55. The third-order valence-corrected chi connectivity index (χ3v) is 3.91. The molecular formula is C10H17N3O2S. The monoisotopic (exact) mass is 243 g/mol. The van der Waals surface area contributed by atoms with Crippen molar-refractivity contribution < 1.29 is 8.42 Å². The minimum atomic E-state index is -3.66. The maximum absolute atomic E-state index is 11.1. The largest absolute Gasteiger partial charge is 0.333 e. The molecule has 0 bridgehead atoms. The van der Waals surface area contributed by atoms with Gasteiger partial charge in [0.25, 0.3) is 10.0 Å². The lowest BCUT2D eigenvalue weighted by Gasteiger charge is -2.14. The molecule has 0 unspecified atom stereocenters. The first-order valence-electron chi connectivity index (χ1n) is 5.63. The van der Waals surface area contributed by atoms with E-state index in [1.807, 2.05) is 4.57 Å². The number of imidazole rings is 1. The molecule has 1 aromatic rings. The quantitative estimate of drug-likeness (QED) is 0.798. The summed E-state index contributed by atoms with van der Waals surface area (Å²) in [5.74, 6) is 0. The maximum atomic E-state index is 11.1. The molecule has 1 aliphatic rings. The van der Waals surface area contributed by atoms with E-state index in [1.165, 1.54) is 25.7 Å². The van der Waals surface area contributed by atoms with E-state index in [4.69, 9.17) is 5.14 Å². The number of hydrogen-bond acceptors (Lipinski definition) is 3. The second-order valence-electron chi connectivity index (χ2n) is 4.35. The van der Waals surface area contributed by atoms with Crippen LogP contribution in [0.15, 0.2) is 17.6 Å². The molecule has 1 fully saturated rings. The zero-order valence-corrected chi connectivity index (χ0v) is 9.99. The standard InChI is InChI=1S/C10H17N3O2S/c11-16(14,15)10-7-13(8-12-10)9-5-3-1-2-4-6-9/h7-9H,1-6H2,(H2,11,14,15).